The van der Waals surface area contributed by atoms with Crippen LogP contribution in [0.4, 0.5) is 8.78 Å². The summed E-state index contributed by atoms with van der Waals surface area (Å²) < 4.78 is 25.4. The van der Waals surface area contributed by atoms with Crippen molar-refractivity contribution in [2.45, 2.75) is 11.8 Å². The highest BCUT2D eigenvalue weighted by Gasteiger charge is 2.18. The Morgan fingerprint density at radius 3 is 2.71 bits per heavy atom. The standard InChI is InChI=1S/C8H5BrF2INO/c9-2-4-1-5(12)7(8(10)11)6(3-14)13-4/h1,3,8H,2H2. The summed E-state index contributed by atoms with van der Waals surface area (Å²) in [5.41, 5.74) is 0.104. The van der Waals surface area contributed by atoms with Crippen LogP contribution in [0.25, 0.3) is 0 Å². The van der Waals surface area contributed by atoms with E-state index in [1.54, 1.807) is 22.6 Å². The van der Waals surface area contributed by atoms with Crippen LogP contribution < -0.4 is 0 Å². The van der Waals surface area contributed by atoms with Gasteiger partial charge in [0.1, 0.15) is 5.69 Å². The predicted octanol–water partition coefficient (Wildman–Crippen LogP) is 3.33. The van der Waals surface area contributed by atoms with Crippen molar-refractivity contribution in [3.05, 3.63) is 26.6 Å². The molecule has 0 saturated heterocycles. The van der Waals surface area contributed by atoms with E-state index in [-0.39, 0.29) is 11.3 Å². The summed E-state index contributed by atoms with van der Waals surface area (Å²) in [7, 11) is 0. The van der Waals surface area contributed by atoms with Crippen LogP contribution in [0, 0.1) is 3.57 Å². The van der Waals surface area contributed by atoms with Crippen molar-refractivity contribution in [3.63, 3.8) is 0 Å². The minimum Gasteiger partial charge on any atom is -0.296 e. The number of aromatic nitrogens is 1. The number of rotatable bonds is 3. The summed E-state index contributed by atoms with van der Waals surface area (Å²) in [4.78, 5) is 14.3. The van der Waals surface area contributed by atoms with Gasteiger partial charge in [0.05, 0.1) is 11.3 Å². The fourth-order valence-corrected chi connectivity index (χ4v) is 2.13. The molecule has 1 aromatic heterocycles. The largest absolute Gasteiger partial charge is 0.296 e. The van der Waals surface area contributed by atoms with E-state index in [4.69, 9.17) is 0 Å². The molecule has 0 unspecified atom stereocenters. The van der Waals surface area contributed by atoms with Gasteiger partial charge in [0.2, 0.25) is 0 Å². The van der Waals surface area contributed by atoms with E-state index in [0.29, 0.717) is 20.9 Å². The second-order valence-electron chi connectivity index (χ2n) is 2.45. The molecule has 0 aliphatic carbocycles. The fraction of sp³-hybridized carbons (Fsp3) is 0.250. The highest BCUT2D eigenvalue weighted by atomic mass is 127. The molecule has 1 heterocycles. The van der Waals surface area contributed by atoms with Gasteiger partial charge in [-0.05, 0) is 28.7 Å². The molecule has 0 spiro atoms. The maximum atomic E-state index is 12.5. The summed E-state index contributed by atoms with van der Waals surface area (Å²) in [6.45, 7) is 0. The van der Waals surface area contributed by atoms with Gasteiger partial charge in [-0.25, -0.2) is 13.8 Å². The molecule has 76 valence electrons. The van der Waals surface area contributed by atoms with Crippen molar-refractivity contribution in [2.75, 3.05) is 0 Å². The molecule has 0 fully saturated rings. The Morgan fingerprint density at radius 1 is 1.64 bits per heavy atom. The van der Waals surface area contributed by atoms with Gasteiger partial charge >= 0.3 is 0 Å². The van der Waals surface area contributed by atoms with E-state index >= 15 is 0 Å². The zero-order valence-corrected chi connectivity index (χ0v) is 10.5. The lowest BCUT2D eigenvalue weighted by atomic mass is 10.2. The van der Waals surface area contributed by atoms with Crippen LogP contribution in [-0.2, 0) is 5.33 Å². The molecule has 0 aromatic carbocycles. The Labute approximate surface area is 101 Å². The van der Waals surface area contributed by atoms with Crippen LogP contribution in [0.15, 0.2) is 6.07 Å². The first-order valence-corrected chi connectivity index (χ1v) is 5.78. The summed E-state index contributed by atoms with van der Waals surface area (Å²) >= 11 is 4.92. The lowest BCUT2D eigenvalue weighted by Crippen LogP contribution is -2.03. The van der Waals surface area contributed by atoms with Crippen molar-refractivity contribution in [1.29, 1.82) is 0 Å². The lowest BCUT2D eigenvalue weighted by Gasteiger charge is -2.07. The molecule has 0 N–H and O–H groups in total. The van der Waals surface area contributed by atoms with Crippen LogP contribution in [0.1, 0.15) is 28.2 Å². The van der Waals surface area contributed by atoms with Crippen LogP contribution in [0.5, 0.6) is 0 Å². The smallest absolute Gasteiger partial charge is 0.267 e. The van der Waals surface area contributed by atoms with Crippen molar-refractivity contribution < 1.29 is 13.6 Å². The molecule has 2 nitrogen and oxygen atoms in total. The van der Waals surface area contributed by atoms with Crippen molar-refractivity contribution >= 4 is 44.8 Å². The maximum Gasteiger partial charge on any atom is 0.267 e. The first kappa shape index (κ1) is 12.0. The third-order valence-electron chi connectivity index (χ3n) is 1.56. The third kappa shape index (κ3) is 2.47. The second-order valence-corrected chi connectivity index (χ2v) is 4.17. The molecule has 0 bridgehead atoms. The highest BCUT2D eigenvalue weighted by molar-refractivity contribution is 14.1. The first-order valence-electron chi connectivity index (χ1n) is 3.58. The van der Waals surface area contributed by atoms with E-state index in [2.05, 4.69) is 20.9 Å². The molecule has 0 aliphatic rings. The molecule has 0 aliphatic heterocycles. The molecule has 14 heavy (non-hydrogen) atoms. The molecule has 0 saturated carbocycles. The third-order valence-corrected chi connectivity index (χ3v) is 3.02. The first-order chi connectivity index (χ1) is 6.60. The van der Waals surface area contributed by atoms with Gasteiger partial charge in [-0.2, -0.15) is 0 Å². The fourth-order valence-electron chi connectivity index (χ4n) is 0.968. The summed E-state index contributed by atoms with van der Waals surface area (Å²) in [6, 6.07) is 1.53. The highest BCUT2D eigenvalue weighted by Crippen LogP contribution is 2.27. The normalized spacial score (nSPS) is 10.6. The van der Waals surface area contributed by atoms with E-state index in [1.165, 1.54) is 6.07 Å². The van der Waals surface area contributed by atoms with E-state index in [9.17, 15) is 13.6 Å². The maximum absolute atomic E-state index is 12.5. The monoisotopic (exact) mass is 375 g/mol. The van der Waals surface area contributed by atoms with Crippen LogP contribution in [0.3, 0.4) is 0 Å². The summed E-state index contributed by atoms with van der Waals surface area (Å²) in [5.74, 6) is 0. The quantitative estimate of drug-likeness (QED) is 0.461. The number of carbonyl (C=O) groups excluding carboxylic acids is 1. The SMILES string of the molecule is O=Cc1nc(CBr)cc(I)c1C(F)F. The Balaban J connectivity index is 3.34. The number of hydrogen-bond acceptors (Lipinski definition) is 2. The number of hydrogen-bond donors (Lipinski definition) is 0. The molecular formula is C8H5BrF2INO. The Morgan fingerprint density at radius 2 is 2.29 bits per heavy atom. The van der Waals surface area contributed by atoms with Gasteiger partial charge < -0.3 is 0 Å². The van der Waals surface area contributed by atoms with Crippen LogP contribution in [-0.4, -0.2) is 11.3 Å². The number of pyridine rings is 1. The minimum absolute atomic E-state index is 0.179. The van der Waals surface area contributed by atoms with Crippen LogP contribution in [0.2, 0.25) is 0 Å². The van der Waals surface area contributed by atoms with Crippen molar-refractivity contribution in [3.8, 4) is 0 Å². The lowest BCUT2D eigenvalue weighted by molar-refractivity contribution is 0.110. The topological polar surface area (TPSA) is 30.0 Å². The Bertz CT molecular complexity index is 359. The second kappa shape index (κ2) is 5.11. The van der Waals surface area contributed by atoms with E-state index in [0.717, 1.165) is 0 Å². The minimum atomic E-state index is -2.67. The number of aldehydes is 1. The average Bonchev–Trinajstić information content (AvgIpc) is 2.15. The Kier molecular flexibility index (Phi) is 4.36. The summed E-state index contributed by atoms with van der Waals surface area (Å²) in [6.07, 6.45) is -2.31. The molecule has 6 heteroatoms. The van der Waals surface area contributed by atoms with Crippen molar-refractivity contribution in [2.24, 2.45) is 0 Å². The van der Waals surface area contributed by atoms with Crippen molar-refractivity contribution in [1.82, 2.24) is 4.98 Å². The predicted molar refractivity (Wildman–Crippen MR) is 59.9 cm³/mol. The molecule has 0 atom stereocenters. The average molecular weight is 376 g/mol. The van der Waals surface area contributed by atoms with Gasteiger partial charge in [0.25, 0.3) is 6.43 Å². The molecular weight excluding hydrogens is 371 g/mol. The molecule has 0 amide bonds. The Hall–Kier alpha value is -0.110. The van der Waals surface area contributed by atoms with Gasteiger partial charge in [-0.1, -0.05) is 15.9 Å². The van der Waals surface area contributed by atoms with Gasteiger partial charge in [0, 0.05) is 8.90 Å². The molecule has 1 aromatic rings. The van der Waals surface area contributed by atoms with Gasteiger partial charge in [-0.15, -0.1) is 0 Å². The number of alkyl halides is 3. The number of nitrogens with zero attached hydrogens (tertiary/aromatic N) is 1. The summed E-state index contributed by atoms with van der Waals surface area (Å²) in [5, 5.41) is 0.438. The van der Waals surface area contributed by atoms with E-state index in [1.807, 2.05) is 0 Å². The van der Waals surface area contributed by atoms with Crippen LogP contribution >= 0.6 is 38.5 Å². The molecule has 0 radical (unpaired) electrons. The zero-order chi connectivity index (χ0) is 10.7. The van der Waals surface area contributed by atoms with Gasteiger partial charge in [0.15, 0.2) is 6.29 Å². The number of halogens is 4. The van der Waals surface area contributed by atoms with Gasteiger partial charge in [-0.3, -0.25) is 4.79 Å². The number of carbonyl (C=O) groups is 1. The van der Waals surface area contributed by atoms with E-state index < -0.39 is 6.43 Å². The molecule has 1 rings (SSSR count). The zero-order valence-electron chi connectivity index (χ0n) is 6.81.